The largest absolute Gasteiger partial charge is 0.356 e. The average molecular weight is 260 g/mol. The van der Waals surface area contributed by atoms with Gasteiger partial charge in [0.15, 0.2) is 0 Å². The second-order valence-corrected chi connectivity index (χ2v) is 5.60. The molecule has 3 heteroatoms. The minimum absolute atomic E-state index is 0.0939. The SMILES string of the molecule is CC(N)CCNC(=O)Cc1ccc2c(c1)CCCC2. The molecule has 1 aromatic rings. The van der Waals surface area contributed by atoms with Crippen molar-refractivity contribution < 1.29 is 4.79 Å². The van der Waals surface area contributed by atoms with Crippen molar-refractivity contribution >= 4 is 5.91 Å². The molecule has 0 saturated heterocycles. The summed E-state index contributed by atoms with van der Waals surface area (Å²) in [7, 11) is 0. The van der Waals surface area contributed by atoms with E-state index in [0.29, 0.717) is 13.0 Å². The van der Waals surface area contributed by atoms with E-state index < -0.39 is 0 Å². The number of fused-ring (bicyclic) bond motifs is 1. The Bertz CT molecular complexity index is 440. The Morgan fingerprint density at radius 3 is 2.79 bits per heavy atom. The van der Waals surface area contributed by atoms with E-state index in [2.05, 4.69) is 23.5 Å². The minimum Gasteiger partial charge on any atom is -0.356 e. The van der Waals surface area contributed by atoms with Gasteiger partial charge in [0.05, 0.1) is 6.42 Å². The van der Waals surface area contributed by atoms with E-state index in [4.69, 9.17) is 5.73 Å². The summed E-state index contributed by atoms with van der Waals surface area (Å²) in [4.78, 5) is 11.8. The van der Waals surface area contributed by atoms with E-state index in [1.54, 1.807) is 0 Å². The van der Waals surface area contributed by atoms with E-state index >= 15 is 0 Å². The lowest BCUT2D eigenvalue weighted by Gasteiger charge is -2.16. The van der Waals surface area contributed by atoms with Crippen molar-refractivity contribution in [2.45, 2.75) is 51.5 Å². The zero-order chi connectivity index (χ0) is 13.7. The molecule has 1 aliphatic carbocycles. The van der Waals surface area contributed by atoms with Crippen LogP contribution in [-0.2, 0) is 24.1 Å². The molecule has 1 amide bonds. The molecular weight excluding hydrogens is 236 g/mol. The van der Waals surface area contributed by atoms with Gasteiger partial charge >= 0.3 is 0 Å². The fourth-order valence-corrected chi connectivity index (χ4v) is 2.58. The zero-order valence-electron chi connectivity index (χ0n) is 11.7. The minimum atomic E-state index is 0.0939. The number of carbonyl (C=O) groups excluding carboxylic acids is 1. The van der Waals surface area contributed by atoms with Gasteiger partial charge < -0.3 is 11.1 Å². The van der Waals surface area contributed by atoms with Gasteiger partial charge in [0.25, 0.3) is 0 Å². The Morgan fingerprint density at radius 1 is 1.32 bits per heavy atom. The van der Waals surface area contributed by atoms with Gasteiger partial charge in [-0.2, -0.15) is 0 Å². The van der Waals surface area contributed by atoms with E-state index in [9.17, 15) is 4.79 Å². The number of carbonyl (C=O) groups is 1. The first-order chi connectivity index (χ1) is 9.15. The van der Waals surface area contributed by atoms with Crippen molar-refractivity contribution in [3.05, 3.63) is 34.9 Å². The van der Waals surface area contributed by atoms with Crippen LogP contribution in [0.2, 0.25) is 0 Å². The maximum atomic E-state index is 11.8. The molecule has 0 aliphatic heterocycles. The molecule has 1 aliphatic rings. The Balaban J connectivity index is 1.86. The molecule has 0 aromatic heterocycles. The third-order valence-electron chi connectivity index (χ3n) is 3.70. The van der Waals surface area contributed by atoms with Crippen LogP contribution in [0, 0.1) is 0 Å². The van der Waals surface area contributed by atoms with Crippen molar-refractivity contribution in [2.24, 2.45) is 5.73 Å². The van der Waals surface area contributed by atoms with Gasteiger partial charge in [-0.05, 0) is 55.7 Å². The lowest BCUT2D eigenvalue weighted by atomic mass is 9.90. The molecule has 0 spiro atoms. The molecule has 0 saturated carbocycles. The monoisotopic (exact) mass is 260 g/mol. The molecule has 0 heterocycles. The van der Waals surface area contributed by atoms with Crippen LogP contribution in [0.3, 0.4) is 0 Å². The van der Waals surface area contributed by atoms with Gasteiger partial charge in [0.1, 0.15) is 0 Å². The highest BCUT2D eigenvalue weighted by molar-refractivity contribution is 5.78. The molecule has 1 atom stereocenters. The third kappa shape index (κ3) is 4.35. The molecule has 2 rings (SSSR count). The highest BCUT2D eigenvalue weighted by Crippen LogP contribution is 2.22. The van der Waals surface area contributed by atoms with Crippen LogP contribution in [0.5, 0.6) is 0 Å². The third-order valence-corrected chi connectivity index (χ3v) is 3.70. The van der Waals surface area contributed by atoms with Crippen LogP contribution in [0.25, 0.3) is 0 Å². The quantitative estimate of drug-likeness (QED) is 0.850. The van der Waals surface area contributed by atoms with Gasteiger partial charge in [0.2, 0.25) is 5.91 Å². The fraction of sp³-hybridized carbons (Fsp3) is 0.562. The number of hydrogen-bond donors (Lipinski definition) is 2. The highest BCUT2D eigenvalue weighted by Gasteiger charge is 2.11. The van der Waals surface area contributed by atoms with Gasteiger partial charge in [-0.25, -0.2) is 0 Å². The zero-order valence-corrected chi connectivity index (χ0v) is 11.7. The number of amides is 1. The van der Waals surface area contributed by atoms with Crippen molar-refractivity contribution in [1.29, 1.82) is 0 Å². The summed E-state index contributed by atoms with van der Waals surface area (Å²) in [6, 6.07) is 6.64. The van der Waals surface area contributed by atoms with Crippen LogP contribution in [0.4, 0.5) is 0 Å². The second-order valence-electron chi connectivity index (χ2n) is 5.60. The standard InChI is InChI=1S/C16H24N2O/c1-12(17)8-9-18-16(19)11-13-6-7-14-4-2-3-5-15(14)10-13/h6-7,10,12H,2-5,8-9,11,17H2,1H3,(H,18,19). The van der Waals surface area contributed by atoms with Crippen LogP contribution >= 0.6 is 0 Å². The van der Waals surface area contributed by atoms with E-state index in [1.807, 2.05) is 6.92 Å². The number of benzene rings is 1. The van der Waals surface area contributed by atoms with Crippen molar-refractivity contribution in [3.8, 4) is 0 Å². The van der Waals surface area contributed by atoms with Gasteiger partial charge in [0, 0.05) is 12.6 Å². The molecular formula is C16H24N2O. The van der Waals surface area contributed by atoms with Crippen molar-refractivity contribution in [2.75, 3.05) is 6.54 Å². The number of aryl methyl sites for hydroxylation is 2. The topological polar surface area (TPSA) is 55.1 Å². The summed E-state index contributed by atoms with van der Waals surface area (Å²) in [5.41, 5.74) is 9.68. The lowest BCUT2D eigenvalue weighted by Crippen LogP contribution is -2.30. The summed E-state index contributed by atoms with van der Waals surface area (Å²) in [5.74, 6) is 0.0939. The Kier molecular flexibility index (Phi) is 4.97. The number of nitrogens with two attached hydrogens (primary N) is 1. The van der Waals surface area contributed by atoms with Crippen LogP contribution in [-0.4, -0.2) is 18.5 Å². The van der Waals surface area contributed by atoms with Gasteiger partial charge in [-0.15, -0.1) is 0 Å². The second kappa shape index (κ2) is 6.71. The van der Waals surface area contributed by atoms with Crippen molar-refractivity contribution in [1.82, 2.24) is 5.32 Å². The van der Waals surface area contributed by atoms with E-state index in [-0.39, 0.29) is 11.9 Å². The summed E-state index contributed by atoms with van der Waals surface area (Å²) in [6.45, 7) is 2.62. The Labute approximate surface area is 115 Å². The van der Waals surface area contributed by atoms with Crippen molar-refractivity contribution in [3.63, 3.8) is 0 Å². The number of nitrogens with one attached hydrogen (secondary N) is 1. The smallest absolute Gasteiger partial charge is 0.224 e. The maximum absolute atomic E-state index is 11.8. The van der Waals surface area contributed by atoms with Crippen LogP contribution in [0.1, 0.15) is 42.9 Å². The number of rotatable bonds is 5. The molecule has 0 bridgehead atoms. The van der Waals surface area contributed by atoms with Crippen LogP contribution in [0.15, 0.2) is 18.2 Å². The summed E-state index contributed by atoms with van der Waals surface area (Å²) in [6.07, 6.45) is 6.23. The summed E-state index contributed by atoms with van der Waals surface area (Å²) >= 11 is 0. The lowest BCUT2D eigenvalue weighted by molar-refractivity contribution is -0.120. The fourth-order valence-electron chi connectivity index (χ4n) is 2.58. The molecule has 104 valence electrons. The summed E-state index contributed by atoms with van der Waals surface area (Å²) in [5, 5.41) is 2.92. The predicted molar refractivity (Wildman–Crippen MR) is 78.1 cm³/mol. The van der Waals surface area contributed by atoms with E-state index in [0.717, 1.165) is 18.4 Å². The highest BCUT2D eigenvalue weighted by atomic mass is 16.1. The predicted octanol–water partition coefficient (Wildman–Crippen LogP) is 1.96. The van der Waals surface area contributed by atoms with Gasteiger partial charge in [-0.3, -0.25) is 4.79 Å². The molecule has 1 aromatic carbocycles. The first-order valence-electron chi connectivity index (χ1n) is 7.28. The Hall–Kier alpha value is -1.35. The normalized spacial score (nSPS) is 15.7. The molecule has 1 unspecified atom stereocenters. The summed E-state index contributed by atoms with van der Waals surface area (Å²) < 4.78 is 0. The molecule has 3 nitrogen and oxygen atoms in total. The number of hydrogen-bond acceptors (Lipinski definition) is 2. The maximum Gasteiger partial charge on any atom is 0.224 e. The Morgan fingerprint density at radius 2 is 2.05 bits per heavy atom. The van der Waals surface area contributed by atoms with Crippen LogP contribution < -0.4 is 11.1 Å². The van der Waals surface area contributed by atoms with Gasteiger partial charge in [-0.1, -0.05) is 18.2 Å². The average Bonchev–Trinajstić information content (AvgIpc) is 2.38. The molecule has 0 radical (unpaired) electrons. The molecule has 19 heavy (non-hydrogen) atoms. The van der Waals surface area contributed by atoms with E-state index in [1.165, 1.54) is 30.4 Å². The molecule has 3 N–H and O–H groups in total. The first kappa shape index (κ1) is 14.1. The molecule has 0 fully saturated rings. The first-order valence-corrected chi connectivity index (χ1v) is 7.28.